The van der Waals surface area contributed by atoms with E-state index in [-0.39, 0.29) is 5.57 Å². The Morgan fingerprint density at radius 2 is 2.14 bits per heavy atom. The summed E-state index contributed by atoms with van der Waals surface area (Å²) < 4.78 is 10.3. The number of amides is 1. The lowest BCUT2D eigenvalue weighted by molar-refractivity contribution is -0.112. The van der Waals surface area contributed by atoms with Crippen LogP contribution in [0.3, 0.4) is 0 Å². The number of rotatable bonds is 7. The first-order valence-electron chi connectivity index (χ1n) is 6.53. The third-order valence-corrected chi connectivity index (χ3v) is 2.66. The summed E-state index contributed by atoms with van der Waals surface area (Å²) in [7, 11) is 3.03. The average Bonchev–Trinajstić information content (AvgIpc) is 2.51. The molecule has 6 heteroatoms. The van der Waals surface area contributed by atoms with Crippen molar-refractivity contribution in [1.82, 2.24) is 5.32 Å². The summed E-state index contributed by atoms with van der Waals surface area (Å²) in [4.78, 5) is 12.1. The van der Waals surface area contributed by atoms with Crippen molar-refractivity contribution in [2.45, 2.75) is 13.3 Å². The number of methoxy groups -OCH3 is 2. The quantitative estimate of drug-likeness (QED) is 0.456. The minimum absolute atomic E-state index is 0.00618. The van der Waals surface area contributed by atoms with Gasteiger partial charge < -0.3 is 20.1 Å². The second kappa shape index (κ2) is 8.48. The third kappa shape index (κ3) is 4.73. The van der Waals surface area contributed by atoms with Gasteiger partial charge in [-0.25, -0.2) is 0 Å². The summed E-state index contributed by atoms with van der Waals surface area (Å²) in [6.07, 6.45) is 2.31. The van der Waals surface area contributed by atoms with E-state index in [4.69, 9.17) is 14.7 Å². The van der Waals surface area contributed by atoms with Crippen molar-refractivity contribution in [1.29, 1.82) is 5.26 Å². The number of carbonyl (C=O) groups is 1. The predicted molar refractivity (Wildman–Crippen MR) is 80.2 cm³/mol. The monoisotopic (exact) mass is 289 g/mol. The molecule has 0 radical (unpaired) electrons. The van der Waals surface area contributed by atoms with E-state index >= 15 is 0 Å². The summed E-state index contributed by atoms with van der Waals surface area (Å²) >= 11 is 0. The van der Waals surface area contributed by atoms with E-state index < -0.39 is 5.91 Å². The molecular formula is C15H19N3O3. The van der Waals surface area contributed by atoms with E-state index in [2.05, 4.69) is 10.6 Å². The molecule has 0 aliphatic heterocycles. The Morgan fingerprint density at radius 3 is 2.71 bits per heavy atom. The molecule has 1 aromatic rings. The standard InChI is InChI=1S/C15H19N3O3/c1-4-7-17-10-11(9-16)15(19)18-13-8-12(20-2)5-6-14(13)21-3/h5-6,8,10,17H,4,7H2,1-3H3,(H,18,19)/b11-10-. The predicted octanol–water partition coefficient (Wildman–Crippen LogP) is 2.05. The van der Waals surface area contributed by atoms with Gasteiger partial charge in [-0.2, -0.15) is 5.26 Å². The number of benzene rings is 1. The van der Waals surface area contributed by atoms with Gasteiger partial charge in [-0.05, 0) is 18.6 Å². The Morgan fingerprint density at radius 1 is 1.38 bits per heavy atom. The topological polar surface area (TPSA) is 83.4 Å². The Bertz CT molecular complexity index is 562. The van der Waals surface area contributed by atoms with Crippen LogP contribution in [0.1, 0.15) is 13.3 Å². The molecule has 0 aliphatic rings. The number of anilines is 1. The molecule has 1 aromatic carbocycles. The molecule has 0 saturated heterocycles. The summed E-state index contributed by atoms with van der Waals surface area (Å²) in [6, 6.07) is 6.89. The molecule has 1 rings (SSSR count). The van der Waals surface area contributed by atoms with Gasteiger partial charge in [-0.3, -0.25) is 4.79 Å². The molecule has 0 bridgehead atoms. The van der Waals surface area contributed by atoms with Crippen LogP contribution < -0.4 is 20.1 Å². The van der Waals surface area contributed by atoms with E-state index in [1.54, 1.807) is 18.2 Å². The van der Waals surface area contributed by atoms with Gasteiger partial charge in [-0.15, -0.1) is 0 Å². The molecule has 6 nitrogen and oxygen atoms in total. The molecule has 0 saturated carbocycles. The van der Waals surface area contributed by atoms with Crippen LogP contribution in [0.2, 0.25) is 0 Å². The Labute approximate surface area is 124 Å². The molecule has 0 aliphatic carbocycles. The molecule has 112 valence electrons. The second-order valence-electron chi connectivity index (χ2n) is 4.14. The first kappa shape index (κ1) is 16.4. The number of nitrogens with zero attached hydrogens (tertiary/aromatic N) is 1. The van der Waals surface area contributed by atoms with Gasteiger partial charge in [0.05, 0.1) is 19.9 Å². The first-order chi connectivity index (χ1) is 10.2. The molecule has 0 fully saturated rings. The Kier molecular flexibility index (Phi) is 6.61. The van der Waals surface area contributed by atoms with Crippen LogP contribution in [0.15, 0.2) is 30.0 Å². The lowest BCUT2D eigenvalue weighted by Gasteiger charge is -2.11. The van der Waals surface area contributed by atoms with Crippen LogP contribution in [0.5, 0.6) is 11.5 Å². The summed E-state index contributed by atoms with van der Waals surface area (Å²) in [5, 5.41) is 14.6. The van der Waals surface area contributed by atoms with Gasteiger partial charge in [0.2, 0.25) is 0 Å². The van der Waals surface area contributed by atoms with E-state index in [1.165, 1.54) is 20.4 Å². The third-order valence-electron chi connectivity index (χ3n) is 2.66. The zero-order valence-electron chi connectivity index (χ0n) is 12.4. The highest BCUT2D eigenvalue weighted by molar-refractivity contribution is 6.07. The molecule has 1 amide bonds. The van der Waals surface area contributed by atoms with Gasteiger partial charge in [0, 0.05) is 18.8 Å². The van der Waals surface area contributed by atoms with Crippen LogP contribution in [0.4, 0.5) is 5.69 Å². The van der Waals surface area contributed by atoms with Gasteiger partial charge in [0.25, 0.3) is 5.91 Å². The minimum Gasteiger partial charge on any atom is -0.497 e. The normalized spacial score (nSPS) is 10.5. The molecular weight excluding hydrogens is 270 g/mol. The smallest absolute Gasteiger partial charge is 0.267 e. The molecule has 21 heavy (non-hydrogen) atoms. The minimum atomic E-state index is -0.507. The van der Waals surface area contributed by atoms with E-state index in [0.717, 1.165) is 6.42 Å². The molecule has 2 N–H and O–H groups in total. The first-order valence-corrected chi connectivity index (χ1v) is 6.53. The molecule has 0 unspecified atom stereocenters. The maximum absolute atomic E-state index is 12.1. The van der Waals surface area contributed by atoms with E-state index in [0.29, 0.717) is 23.7 Å². The van der Waals surface area contributed by atoms with Crippen molar-refractivity contribution in [3.8, 4) is 17.6 Å². The maximum Gasteiger partial charge on any atom is 0.267 e. The number of ether oxygens (including phenoxy) is 2. The van der Waals surface area contributed by atoms with Crippen molar-refractivity contribution in [2.75, 3.05) is 26.1 Å². The van der Waals surface area contributed by atoms with E-state index in [1.807, 2.05) is 13.0 Å². The zero-order chi connectivity index (χ0) is 15.7. The van der Waals surface area contributed by atoms with Gasteiger partial charge in [0.15, 0.2) is 0 Å². The van der Waals surface area contributed by atoms with Crippen LogP contribution in [-0.2, 0) is 4.79 Å². The zero-order valence-corrected chi connectivity index (χ0v) is 12.4. The number of carbonyl (C=O) groups excluding carboxylic acids is 1. The highest BCUT2D eigenvalue weighted by Crippen LogP contribution is 2.29. The van der Waals surface area contributed by atoms with Crippen LogP contribution in [0.25, 0.3) is 0 Å². The molecule has 0 atom stereocenters. The second-order valence-corrected chi connectivity index (χ2v) is 4.14. The fraction of sp³-hybridized carbons (Fsp3) is 0.333. The Balaban J connectivity index is 2.91. The fourth-order valence-corrected chi connectivity index (χ4v) is 1.57. The van der Waals surface area contributed by atoms with Crippen LogP contribution >= 0.6 is 0 Å². The highest BCUT2D eigenvalue weighted by atomic mass is 16.5. The lowest BCUT2D eigenvalue weighted by atomic mass is 10.2. The maximum atomic E-state index is 12.1. The van der Waals surface area contributed by atoms with Crippen LogP contribution in [0, 0.1) is 11.3 Å². The van der Waals surface area contributed by atoms with Crippen LogP contribution in [-0.4, -0.2) is 26.7 Å². The van der Waals surface area contributed by atoms with Crippen molar-refractivity contribution >= 4 is 11.6 Å². The number of nitriles is 1. The molecule has 0 heterocycles. The average molecular weight is 289 g/mol. The summed E-state index contributed by atoms with van der Waals surface area (Å²) in [6.45, 7) is 2.69. The number of nitrogens with one attached hydrogen (secondary N) is 2. The highest BCUT2D eigenvalue weighted by Gasteiger charge is 2.13. The van der Waals surface area contributed by atoms with Crippen molar-refractivity contribution in [3.05, 3.63) is 30.0 Å². The summed E-state index contributed by atoms with van der Waals surface area (Å²) in [5.41, 5.74) is 0.437. The SMILES string of the molecule is CCCN/C=C(/C#N)C(=O)Nc1cc(OC)ccc1OC. The van der Waals surface area contributed by atoms with Crippen molar-refractivity contribution in [2.24, 2.45) is 0 Å². The molecule has 0 spiro atoms. The largest absolute Gasteiger partial charge is 0.497 e. The number of hydrogen-bond donors (Lipinski definition) is 2. The van der Waals surface area contributed by atoms with Gasteiger partial charge in [-0.1, -0.05) is 6.92 Å². The lowest BCUT2D eigenvalue weighted by Crippen LogP contribution is -2.17. The fourth-order valence-electron chi connectivity index (χ4n) is 1.57. The van der Waals surface area contributed by atoms with Crippen molar-refractivity contribution in [3.63, 3.8) is 0 Å². The number of hydrogen-bond acceptors (Lipinski definition) is 5. The van der Waals surface area contributed by atoms with Gasteiger partial charge in [0.1, 0.15) is 23.1 Å². The Hall–Kier alpha value is -2.68. The van der Waals surface area contributed by atoms with E-state index in [9.17, 15) is 4.79 Å². The van der Waals surface area contributed by atoms with Crippen molar-refractivity contribution < 1.29 is 14.3 Å². The summed E-state index contributed by atoms with van der Waals surface area (Å²) in [5.74, 6) is 0.563. The van der Waals surface area contributed by atoms with Gasteiger partial charge >= 0.3 is 0 Å². The molecule has 0 aromatic heterocycles.